The monoisotopic (exact) mass is 466 g/mol. The lowest BCUT2D eigenvalue weighted by Gasteiger charge is -2.27. The molecule has 3 aromatic rings. The van der Waals surface area contributed by atoms with Gasteiger partial charge in [0.25, 0.3) is 5.91 Å². The zero-order valence-electron chi connectivity index (χ0n) is 19.1. The average Bonchev–Trinajstić information content (AvgIpc) is 3.15. The van der Waals surface area contributed by atoms with Crippen LogP contribution in [0, 0.1) is 4.77 Å². The van der Waals surface area contributed by atoms with Crippen molar-refractivity contribution in [2.45, 2.75) is 19.8 Å². The van der Waals surface area contributed by atoms with Crippen molar-refractivity contribution < 1.29 is 9.53 Å². The largest absolute Gasteiger partial charge is 0.378 e. The summed E-state index contributed by atoms with van der Waals surface area (Å²) >= 11 is 5.86. The van der Waals surface area contributed by atoms with E-state index in [-0.39, 0.29) is 5.91 Å². The van der Waals surface area contributed by atoms with Crippen LogP contribution in [-0.2, 0) is 24.5 Å². The summed E-state index contributed by atoms with van der Waals surface area (Å²) in [6.45, 7) is 4.94. The molecule has 0 atom stereocenters. The first-order valence-corrected chi connectivity index (χ1v) is 11.5. The Morgan fingerprint density at radius 2 is 1.79 bits per heavy atom. The molecule has 1 aliphatic rings. The number of morpholine rings is 1. The maximum atomic E-state index is 11.8. The highest BCUT2D eigenvalue weighted by Gasteiger charge is 2.20. The molecule has 1 aromatic heterocycles. The van der Waals surface area contributed by atoms with Crippen molar-refractivity contribution in [1.29, 1.82) is 0 Å². The smallest absolute Gasteiger partial charge is 0.251 e. The molecule has 1 N–H and O–H groups in total. The van der Waals surface area contributed by atoms with E-state index in [0.29, 0.717) is 43.3 Å². The molecule has 0 radical (unpaired) electrons. The number of carbonyl (C=O) groups excluding carboxylic acids is 1. The minimum Gasteiger partial charge on any atom is -0.378 e. The summed E-state index contributed by atoms with van der Waals surface area (Å²) in [5.41, 5.74) is 2.96. The van der Waals surface area contributed by atoms with Gasteiger partial charge in [0.15, 0.2) is 0 Å². The van der Waals surface area contributed by atoms with Crippen LogP contribution in [0.4, 0.5) is 5.95 Å². The summed E-state index contributed by atoms with van der Waals surface area (Å²) in [6.07, 6.45) is 0. The van der Waals surface area contributed by atoms with E-state index in [4.69, 9.17) is 22.1 Å². The van der Waals surface area contributed by atoms with Gasteiger partial charge in [-0.25, -0.2) is 4.68 Å². The van der Waals surface area contributed by atoms with Crippen LogP contribution in [-0.4, -0.2) is 65.6 Å². The second-order valence-corrected chi connectivity index (χ2v) is 8.55. The molecule has 4 rings (SSSR count). The fraction of sp³-hybridized carbons (Fsp3) is 0.375. The zero-order valence-corrected chi connectivity index (χ0v) is 19.9. The number of anilines is 1. The quantitative estimate of drug-likeness (QED) is 0.515. The van der Waals surface area contributed by atoms with Crippen LogP contribution < -0.4 is 10.2 Å². The minimum absolute atomic E-state index is 0.0826. The molecule has 1 saturated heterocycles. The van der Waals surface area contributed by atoms with Crippen LogP contribution in [0.15, 0.2) is 54.6 Å². The van der Waals surface area contributed by atoms with E-state index in [9.17, 15) is 4.79 Å². The van der Waals surface area contributed by atoms with Crippen molar-refractivity contribution in [3.05, 3.63) is 76.1 Å². The Hall–Kier alpha value is -3.01. The molecule has 1 fully saturated rings. The van der Waals surface area contributed by atoms with Gasteiger partial charge in [-0.15, -0.1) is 5.10 Å². The summed E-state index contributed by atoms with van der Waals surface area (Å²) in [5.74, 6) is 0.802. The molecule has 1 aliphatic heterocycles. The molecule has 33 heavy (non-hydrogen) atoms. The van der Waals surface area contributed by atoms with Gasteiger partial charge < -0.3 is 15.0 Å². The molecule has 174 valence electrons. The van der Waals surface area contributed by atoms with Gasteiger partial charge in [-0.05, 0) is 42.5 Å². The number of hydrogen-bond acceptors (Lipinski definition) is 6. The predicted molar refractivity (Wildman–Crippen MR) is 131 cm³/mol. The normalized spacial score (nSPS) is 14.0. The van der Waals surface area contributed by atoms with E-state index >= 15 is 0 Å². The molecular weight excluding hydrogens is 436 g/mol. The van der Waals surface area contributed by atoms with Crippen LogP contribution >= 0.6 is 12.2 Å². The van der Waals surface area contributed by atoms with E-state index in [1.807, 2.05) is 54.2 Å². The van der Waals surface area contributed by atoms with Gasteiger partial charge in [0, 0.05) is 32.2 Å². The van der Waals surface area contributed by atoms with Gasteiger partial charge in [0.1, 0.15) is 0 Å². The van der Waals surface area contributed by atoms with E-state index in [1.165, 1.54) is 5.56 Å². The highest BCUT2D eigenvalue weighted by Crippen LogP contribution is 2.18. The number of nitrogens with one attached hydrogen (secondary N) is 1. The molecule has 0 unspecified atom stereocenters. The number of hydrogen-bond donors (Lipinski definition) is 1. The molecule has 0 aliphatic carbocycles. The Morgan fingerprint density at radius 3 is 2.45 bits per heavy atom. The Balaban J connectivity index is 1.53. The SMILES string of the molecule is CNC(=O)c1ccc(CN(C)Cn2nc(N3CCOCC3)n(Cc3ccccc3)c2=S)cc1. The van der Waals surface area contributed by atoms with E-state index in [2.05, 4.69) is 31.8 Å². The topological polar surface area (TPSA) is 67.6 Å². The van der Waals surface area contributed by atoms with Crippen molar-refractivity contribution in [2.24, 2.45) is 0 Å². The number of ether oxygens (including phenoxy) is 1. The predicted octanol–water partition coefficient (Wildman–Crippen LogP) is 2.75. The maximum absolute atomic E-state index is 11.8. The summed E-state index contributed by atoms with van der Waals surface area (Å²) < 4.78 is 10.2. The molecule has 0 bridgehead atoms. The van der Waals surface area contributed by atoms with Crippen molar-refractivity contribution >= 4 is 24.1 Å². The molecule has 9 heteroatoms. The van der Waals surface area contributed by atoms with Crippen molar-refractivity contribution in [3.63, 3.8) is 0 Å². The number of rotatable bonds is 8. The van der Waals surface area contributed by atoms with Gasteiger partial charge in [0.2, 0.25) is 10.7 Å². The highest BCUT2D eigenvalue weighted by molar-refractivity contribution is 7.71. The molecule has 0 spiro atoms. The fourth-order valence-electron chi connectivity index (χ4n) is 3.92. The zero-order chi connectivity index (χ0) is 23.2. The minimum atomic E-state index is -0.0826. The van der Waals surface area contributed by atoms with E-state index in [0.717, 1.165) is 24.6 Å². The number of nitrogens with zero attached hydrogens (tertiary/aromatic N) is 5. The Labute approximate surface area is 199 Å². The van der Waals surface area contributed by atoms with Crippen LogP contribution in [0.2, 0.25) is 0 Å². The third-order valence-corrected chi connectivity index (χ3v) is 6.08. The number of benzene rings is 2. The van der Waals surface area contributed by atoms with Crippen LogP contribution in [0.5, 0.6) is 0 Å². The van der Waals surface area contributed by atoms with Gasteiger partial charge >= 0.3 is 0 Å². The molecule has 2 aromatic carbocycles. The summed E-state index contributed by atoms with van der Waals surface area (Å²) in [4.78, 5) is 16.2. The third-order valence-electron chi connectivity index (χ3n) is 5.65. The molecule has 1 amide bonds. The second kappa shape index (κ2) is 10.7. The first-order valence-electron chi connectivity index (χ1n) is 11.1. The highest BCUT2D eigenvalue weighted by atomic mass is 32.1. The Morgan fingerprint density at radius 1 is 1.09 bits per heavy atom. The molecule has 8 nitrogen and oxygen atoms in total. The molecular formula is C24H30N6O2S. The number of aromatic nitrogens is 3. The Bertz CT molecular complexity index is 1120. The molecule has 2 heterocycles. The van der Waals surface area contributed by atoms with E-state index < -0.39 is 0 Å². The van der Waals surface area contributed by atoms with Crippen LogP contribution in [0.1, 0.15) is 21.5 Å². The number of carbonyl (C=O) groups is 1. The van der Waals surface area contributed by atoms with Crippen molar-refractivity contribution in [3.8, 4) is 0 Å². The number of amides is 1. The fourth-order valence-corrected chi connectivity index (χ4v) is 4.16. The summed E-state index contributed by atoms with van der Waals surface area (Å²) in [7, 11) is 3.68. The first kappa shape index (κ1) is 23.2. The lowest BCUT2D eigenvalue weighted by Crippen LogP contribution is -2.38. The summed E-state index contributed by atoms with van der Waals surface area (Å²) in [5, 5.41) is 7.56. The second-order valence-electron chi connectivity index (χ2n) is 8.18. The van der Waals surface area contributed by atoms with Gasteiger partial charge in [-0.3, -0.25) is 14.3 Å². The van der Waals surface area contributed by atoms with Crippen LogP contribution in [0.3, 0.4) is 0 Å². The van der Waals surface area contributed by atoms with Crippen LogP contribution in [0.25, 0.3) is 0 Å². The Kier molecular flexibility index (Phi) is 7.54. The third kappa shape index (κ3) is 5.68. The maximum Gasteiger partial charge on any atom is 0.251 e. The lowest BCUT2D eigenvalue weighted by molar-refractivity contribution is 0.0963. The van der Waals surface area contributed by atoms with Gasteiger partial charge in [0.05, 0.1) is 26.4 Å². The van der Waals surface area contributed by atoms with Gasteiger partial charge in [-0.1, -0.05) is 42.5 Å². The summed E-state index contributed by atoms with van der Waals surface area (Å²) in [6, 6.07) is 18.0. The lowest BCUT2D eigenvalue weighted by atomic mass is 10.1. The first-order chi connectivity index (χ1) is 16.0. The van der Waals surface area contributed by atoms with E-state index in [1.54, 1.807) is 7.05 Å². The average molecular weight is 467 g/mol. The van der Waals surface area contributed by atoms with Crippen molar-refractivity contribution in [2.75, 3.05) is 45.3 Å². The van der Waals surface area contributed by atoms with Crippen molar-refractivity contribution in [1.82, 2.24) is 24.6 Å². The standard InChI is InChI=1S/C24H30N6O2S/c1-25-22(31)21-10-8-20(9-11-21)16-27(2)18-30-24(33)29(17-19-6-4-3-5-7-19)23(26-30)28-12-14-32-15-13-28/h3-11H,12-18H2,1-2H3,(H,25,31). The molecule has 0 saturated carbocycles. The van der Waals surface area contributed by atoms with Gasteiger partial charge in [-0.2, -0.15) is 0 Å².